The molecule has 0 aliphatic rings. The molecule has 5 heteroatoms. The summed E-state index contributed by atoms with van der Waals surface area (Å²) in [4.78, 5) is 22.7. The molecular weight excluding hydrogens is 232 g/mol. The van der Waals surface area contributed by atoms with Crippen molar-refractivity contribution in [3.63, 3.8) is 0 Å². The van der Waals surface area contributed by atoms with Crippen molar-refractivity contribution in [2.75, 3.05) is 0 Å². The minimum Gasteiger partial charge on any atom is -0.480 e. The fourth-order valence-electron chi connectivity index (χ4n) is 1.80. The van der Waals surface area contributed by atoms with Crippen LogP contribution in [0.1, 0.15) is 47.5 Å². The van der Waals surface area contributed by atoms with Gasteiger partial charge in [-0.25, -0.2) is 9.59 Å². The Morgan fingerprint density at radius 1 is 1.11 bits per heavy atom. The van der Waals surface area contributed by atoms with Crippen LogP contribution < -0.4 is 10.6 Å². The smallest absolute Gasteiger partial charge is 0.326 e. The summed E-state index contributed by atoms with van der Waals surface area (Å²) in [7, 11) is 0. The molecule has 2 amide bonds. The van der Waals surface area contributed by atoms with Gasteiger partial charge >= 0.3 is 12.0 Å². The summed E-state index contributed by atoms with van der Waals surface area (Å²) in [5.74, 6) is -0.441. The standard InChI is InChI=1S/C13H26N2O3/c1-6-10(9(4)5)14-13(18)15-11(12(16)17)7-8(2)3/h8-11H,6-7H2,1-5H3,(H,16,17)(H2,14,15,18)/t10?,11-/m0/s1. The number of hydrogen-bond donors (Lipinski definition) is 3. The Kier molecular flexibility index (Phi) is 7.39. The fraction of sp³-hybridized carbons (Fsp3) is 0.846. The lowest BCUT2D eigenvalue weighted by Crippen LogP contribution is -2.50. The van der Waals surface area contributed by atoms with E-state index < -0.39 is 18.0 Å². The Labute approximate surface area is 109 Å². The zero-order valence-electron chi connectivity index (χ0n) is 12.0. The molecule has 0 rings (SSSR count). The predicted molar refractivity (Wildman–Crippen MR) is 71.5 cm³/mol. The monoisotopic (exact) mass is 258 g/mol. The summed E-state index contributed by atoms with van der Waals surface area (Å²) in [6, 6.07) is -1.16. The minimum atomic E-state index is -0.989. The van der Waals surface area contributed by atoms with Crippen LogP contribution in [0.15, 0.2) is 0 Å². The summed E-state index contributed by atoms with van der Waals surface area (Å²) in [5.41, 5.74) is 0. The van der Waals surface area contributed by atoms with Crippen LogP contribution in [-0.4, -0.2) is 29.2 Å². The lowest BCUT2D eigenvalue weighted by molar-refractivity contribution is -0.139. The summed E-state index contributed by atoms with van der Waals surface area (Å²) < 4.78 is 0. The van der Waals surface area contributed by atoms with E-state index >= 15 is 0 Å². The second-order valence-corrected chi connectivity index (χ2v) is 5.40. The van der Waals surface area contributed by atoms with Gasteiger partial charge in [-0.3, -0.25) is 0 Å². The molecule has 2 atom stereocenters. The topological polar surface area (TPSA) is 78.4 Å². The van der Waals surface area contributed by atoms with Crippen LogP contribution in [-0.2, 0) is 4.79 Å². The van der Waals surface area contributed by atoms with Crippen molar-refractivity contribution < 1.29 is 14.7 Å². The van der Waals surface area contributed by atoms with E-state index in [1.54, 1.807) is 0 Å². The van der Waals surface area contributed by atoms with Gasteiger partial charge < -0.3 is 15.7 Å². The Balaban J connectivity index is 4.37. The zero-order valence-corrected chi connectivity index (χ0v) is 12.0. The molecule has 0 aromatic heterocycles. The number of carbonyl (C=O) groups is 2. The van der Waals surface area contributed by atoms with Crippen molar-refractivity contribution in [2.45, 2.75) is 59.5 Å². The van der Waals surface area contributed by atoms with Crippen molar-refractivity contribution in [1.29, 1.82) is 0 Å². The first kappa shape index (κ1) is 16.7. The molecule has 0 saturated heterocycles. The van der Waals surface area contributed by atoms with Crippen molar-refractivity contribution in [3.05, 3.63) is 0 Å². The largest absolute Gasteiger partial charge is 0.480 e. The van der Waals surface area contributed by atoms with Gasteiger partial charge in [0.05, 0.1) is 0 Å². The van der Waals surface area contributed by atoms with Crippen LogP contribution in [0.5, 0.6) is 0 Å². The number of rotatable bonds is 7. The average molecular weight is 258 g/mol. The van der Waals surface area contributed by atoms with Gasteiger partial charge in [-0.2, -0.15) is 0 Å². The van der Waals surface area contributed by atoms with E-state index in [1.807, 2.05) is 34.6 Å². The molecule has 0 fully saturated rings. The molecule has 0 aromatic rings. The molecule has 0 aromatic carbocycles. The first-order valence-electron chi connectivity index (χ1n) is 6.57. The van der Waals surface area contributed by atoms with Crippen molar-refractivity contribution in [1.82, 2.24) is 10.6 Å². The molecule has 0 saturated carbocycles. The second-order valence-electron chi connectivity index (χ2n) is 5.40. The zero-order chi connectivity index (χ0) is 14.3. The van der Waals surface area contributed by atoms with Crippen LogP contribution >= 0.6 is 0 Å². The van der Waals surface area contributed by atoms with Gasteiger partial charge in [-0.1, -0.05) is 34.6 Å². The van der Waals surface area contributed by atoms with E-state index in [2.05, 4.69) is 10.6 Å². The summed E-state index contributed by atoms with van der Waals surface area (Å²) in [5, 5.41) is 14.4. The second kappa shape index (κ2) is 7.95. The van der Waals surface area contributed by atoms with E-state index in [4.69, 9.17) is 5.11 Å². The maximum Gasteiger partial charge on any atom is 0.326 e. The lowest BCUT2D eigenvalue weighted by Gasteiger charge is -2.23. The van der Waals surface area contributed by atoms with E-state index in [0.29, 0.717) is 12.3 Å². The molecule has 18 heavy (non-hydrogen) atoms. The van der Waals surface area contributed by atoms with Gasteiger partial charge in [-0.15, -0.1) is 0 Å². The minimum absolute atomic E-state index is 0.0681. The Morgan fingerprint density at radius 3 is 2.00 bits per heavy atom. The molecule has 3 N–H and O–H groups in total. The maximum absolute atomic E-state index is 11.7. The third-order valence-corrected chi connectivity index (χ3v) is 2.87. The number of carboxylic acids is 1. The number of amides is 2. The first-order valence-corrected chi connectivity index (χ1v) is 6.57. The summed E-state index contributed by atoms with van der Waals surface area (Å²) in [6.07, 6.45) is 1.26. The number of carboxylic acid groups (broad SMARTS) is 1. The van der Waals surface area contributed by atoms with Gasteiger partial charge in [0.25, 0.3) is 0 Å². The molecule has 106 valence electrons. The molecule has 0 aliphatic carbocycles. The van der Waals surface area contributed by atoms with Crippen molar-refractivity contribution in [3.8, 4) is 0 Å². The fourth-order valence-corrected chi connectivity index (χ4v) is 1.80. The van der Waals surface area contributed by atoms with Crippen molar-refractivity contribution >= 4 is 12.0 Å². The van der Waals surface area contributed by atoms with Crippen LogP contribution in [0.3, 0.4) is 0 Å². The molecule has 0 bridgehead atoms. The van der Waals surface area contributed by atoms with Gasteiger partial charge in [0.15, 0.2) is 0 Å². The summed E-state index contributed by atoms with van der Waals surface area (Å²) >= 11 is 0. The first-order chi connectivity index (χ1) is 8.27. The number of aliphatic carboxylic acids is 1. The lowest BCUT2D eigenvalue weighted by atomic mass is 10.0. The maximum atomic E-state index is 11.7. The van der Waals surface area contributed by atoms with Crippen LogP contribution in [0, 0.1) is 11.8 Å². The van der Waals surface area contributed by atoms with Gasteiger partial charge in [-0.05, 0) is 24.7 Å². The molecule has 1 unspecified atom stereocenters. The van der Waals surface area contributed by atoms with Crippen molar-refractivity contribution in [2.24, 2.45) is 11.8 Å². The molecule has 0 spiro atoms. The van der Waals surface area contributed by atoms with Gasteiger partial charge in [0, 0.05) is 6.04 Å². The van der Waals surface area contributed by atoms with E-state index in [0.717, 1.165) is 6.42 Å². The quantitative estimate of drug-likeness (QED) is 0.655. The Bertz CT molecular complexity index is 277. The van der Waals surface area contributed by atoms with E-state index in [9.17, 15) is 9.59 Å². The molecule has 0 heterocycles. The average Bonchev–Trinajstić information content (AvgIpc) is 2.23. The SMILES string of the molecule is CCC(NC(=O)N[C@@H](CC(C)C)C(=O)O)C(C)C. The number of carbonyl (C=O) groups excluding carboxylic acids is 1. The molecule has 0 radical (unpaired) electrons. The highest BCUT2D eigenvalue weighted by atomic mass is 16.4. The van der Waals surface area contributed by atoms with Gasteiger partial charge in [0.2, 0.25) is 0 Å². The Morgan fingerprint density at radius 2 is 1.67 bits per heavy atom. The molecular formula is C13H26N2O3. The summed E-state index contributed by atoms with van der Waals surface area (Å²) in [6.45, 7) is 9.90. The molecule has 5 nitrogen and oxygen atoms in total. The van der Waals surface area contributed by atoms with Crippen LogP contribution in [0.25, 0.3) is 0 Å². The van der Waals surface area contributed by atoms with E-state index in [1.165, 1.54) is 0 Å². The molecule has 0 aliphatic heterocycles. The van der Waals surface area contributed by atoms with Crippen LogP contribution in [0.4, 0.5) is 4.79 Å². The van der Waals surface area contributed by atoms with Crippen LogP contribution in [0.2, 0.25) is 0 Å². The predicted octanol–water partition coefficient (Wildman–Crippen LogP) is 2.22. The number of nitrogens with one attached hydrogen (secondary N) is 2. The Hall–Kier alpha value is -1.26. The number of hydrogen-bond acceptors (Lipinski definition) is 2. The van der Waals surface area contributed by atoms with E-state index in [-0.39, 0.29) is 12.0 Å². The highest BCUT2D eigenvalue weighted by molar-refractivity contribution is 5.82. The highest BCUT2D eigenvalue weighted by Gasteiger charge is 2.22. The normalized spacial score (nSPS) is 14.4. The number of urea groups is 1. The third-order valence-electron chi connectivity index (χ3n) is 2.87. The van der Waals surface area contributed by atoms with Gasteiger partial charge in [0.1, 0.15) is 6.04 Å². The highest BCUT2D eigenvalue weighted by Crippen LogP contribution is 2.07. The third kappa shape index (κ3) is 6.47.